The fourth-order valence-corrected chi connectivity index (χ4v) is 5.69. The summed E-state index contributed by atoms with van der Waals surface area (Å²) in [6.07, 6.45) is 1.60. The number of hydrazone groups is 1. The Morgan fingerprint density at radius 3 is 2.49 bits per heavy atom. The van der Waals surface area contributed by atoms with E-state index in [4.69, 9.17) is 21.2 Å². The molecule has 5 N–H and O–H groups in total. The highest BCUT2D eigenvalue weighted by molar-refractivity contribution is 6.01. The molecule has 2 aliphatic heterocycles. The number of piperidine rings is 1. The van der Waals surface area contributed by atoms with Crippen LogP contribution < -0.4 is 31.9 Å². The highest BCUT2D eigenvalue weighted by atomic mass is 16.6. The van der Waals surface area contributed by atoms with Crippen LogP contribution in [0.15, 0.2) is 76.6 Å². The van der Waals surface area contributed by atoms with Gasteiger partial charge in [0.25, 0.3) is 0 Å². The third kappa shape index (κ3) is 4.73. The molecule has 39 heavy (non-hydrogen) atoms. The van der Waals surface area contributed by atoms with Gasteiger partial charge in [0, 0.05) is 25.2 Å². The third-order valence-corrected chi connectivity index (χ3v) is 7.67. The number of benzene rings is 3. The van der Waals surface area contributed by atoms with Crippen LogP contribution in [0.5, 0.6) is 11.5 Å². The van der Waals surface area contributed by atoms with E-state index in [1.54, 1.807) is 0 Å². The molecule has 0 spiro atoms. The van der Waals surface area contributed by atoms with Gasteiger partial charge in [-0.1, -0.05) is 42.0 Å². The van der Waals surface area contributed by atoms with Crippen LogP contribution in [-0.4, -0.2) is 46.6 Å². The zero-order valence-electron chi connectivity index (χ0n) is 21.9. The Bertz CT molecular complexity index is 1550. The number of hydrogen-bond donors (Lipinski definition) is 3. The molecule has 202 valence electrons. The molecule has 1 fully saturated rings. The summed E-state index contributed by atoms with van der Waals surface area (Å²) in [5.74, 6) is 14.6. The predicted octanol–water partition coefficient (Wildman–Crippen LogP) is 3.44. The number of hydrogen-bond acceptors (Lipinski definition) is 7. The second-order valence-electron chi connectivity index (χ2n) is 10.1. The van der Waals surface area contributed by atoms with Crippen LogP contribution in [0.1, 0.15) is 36.1 Å². The molecular weight excluding hydrogens is 494 g/mol. The number of aryl methyl sites for hydroxylation is 1. The largest absolute Gasteiger partial charge is 0.486 e. The number of imidazole rings is 1. The molecule has 6 rings (SSSR count). The van der Waals surface area contributed by atoms with Gasteiger partial charge >= 0.3 is 5.69 Å². The van der Waals surface area contributed by atoms with Gasteiger partial charge in [-0.15, -0.1) is 0 Å². The van der Waals surface area contributed by atoms with Crippen molar-refractivity contribution in [2.75, 3.05) is 31.3 Å². The number of rotatable bonds is 5. The Kier molecular flexibility index (Phi) is 6.72. The van der Waals surface area contributed by atoms with E-state index in [2.05, 4.69) is 46.2 Å². The minimum atomic E-state index is -0.283. The average molecular weight is 528 g/mol. The van der Waals surface area contributed by atoms with Crippen LogP contribution in [-0.2, 0) is 0 Å². The maximum Gasteiger partial charge on any atom is 0.326 e. The van der Waals surface area contributed by atoms with Gasteiger partial charge in [0.15, 0.2) is 17.3 Å². The number of nitrogens with one attached hydrogen (secondary N) is 1. The highest BCUT2D eigenvalue weighted by Gasteiger charge is 2.34. The molecule has 0 saturated carbocycles. The minimum absolute atomic E-state index is 0.0688. The highest BCUT2D eigenvalue weighted by Crippen LogP contribution is 2.36. The van der Waals surface area contributed by atoms with E-state index in [1.807, 2.05) is 47.0 Å². The molecule has 0 amide bonds. The number of nitrogens with two attached hydrogens (primary N) is 2. The molecule has 1 atom stereocenters. The van der Waals surface area contributed by atoms with E-state index in [-0.39, 0.29) is 17.8 Å². The second-order valence-corrected chi connectivity index (χ2v) is 10.1. The Balaban J connectivity index is 1.30. The molecule has 2 aliphatic rings. The zero-order chi connectivity index (χ0) is 26.9. The monoisotopic (exact) mass is 527 g/mol. The number of H-pyrrole nitrogens is 1. The quantitative estimate of drug-likeness (QED) is 0.157. The fraction of sp³-hybridized carbons (Fsp3) is 0.310. The molecule has 0 bridgehead atoms. The van der Waals surface area contributed by atoms with Crippen molar-refractivity contribution in [2.24, 2.45) is 16.8 Å². The number of amidine groups is 1. The topological polar surface area (TPSA) is 127 Å². The van der Waals surface area contributed by atoms with Crippen LogP contribution in [0.3, 0.4) is 0 Å². The Labute approximate surface area is 226 Å². The van der Waals surface area contributed by atoms with Crippen LogP contribution in [0.25, 0.3) is 11.0 Å². The molecule has 1 aromatic heterocycles. The number of aromatic amines is 1. The number of fused-ring (bicyclic) bond motifs is 2. The number of likely N-dealkylation sites (tertiary alicyclic amines) is 1. The molecule has 4 aromatic rings. The summed E-state index contributed by atoms with van der Waals surface area (Å²) in [6, 6.07) is 21.6. The summed E-state index contributed by atoms with van der Waals surface area (Å²) in [5.41, 5.74) is 4.63. The van der Waals surface area contributed by atoms with Crippen molar-refractivity contribution >= 4 is 22.6 Å². The fourth-order valence-electron chi connectivity index (χ4n) is 5.69. The normalized spacial score (nSPS) is 17.3. The first-order valence-electron chi connectivity index (χ1n) is 13.3. The van der Waals surface area contributed by atoms with Crippen LogP contribution in [0.4, 0.5) is 5.69 Å². The maximum absolute atomic E-state index is 12.8. The van der Waals surface area contributed by atoms with Gasteiger partial charge in [0.1, 0.15) is 13.2 Å². The lowest BCUT2D eigenvalue weighted by molar-refractivity contribution is 0.164. The van der Waals surface area contributed by atoms with Crippen LogP contribution >= 0.6 is 0 Å². The van der Waals surface area contributed by atoms with Crippen molar-refractivity contribution in [3.8, 4) is 11.5 Å². The van der Waals surface area contributed by atoms with Gasteiger partial charge in [-0.3, -0.25) is 14.5 Å². The summed E-state index contributed by atoms with van der Waals surface area (Å²) in [4.78, 5) is 18.2. The first-order valence-corrected chi connectivity index (χ1v) is 13.3. The first kappa shape index (κ1) is 25.0. The van der Waals surface area contributed by atoms with E-state index in [0.717, 1.165) is 48.1 Å². The lowest BCUT2D eigenvalue weighted by Crippen LogP contribution is -2.49. The number of para-hydroxylation sites is 2. The van der Waals surface area contributed by atoms with Gasteiger partial charge in [0.05, 0.1) is 22.8 Å². The standard InChI is InChI=1S/C29H33N7O3/c1-19-6-8-20(9-7-19)27(28(33-30)36(31)22-10-11-25-26(18-22)39-17-16-38-25)34-14-12-21(13-15-34)35-24-5-3-2-4-23(24)32-29(35)37/h2-11,18,21,27H,12-17,30-31H2,1H3,(H,32,37)/b33-28-. The van der Waals surface area contributed by atoms with Crippen molar-refractivity contribution in [3.05, 3.63) is 88.3 Å². The Hall–Kier alpha value is -4.28. The predicted molar refractivity (Wildman–Crippen MR) is 152 cm³/mol. The molecule has 0 aliphatic carbocycles. The summed E-state index contributed by atoms with van der Waals surface area (Å²) in [7, 11) is 0. The van der Waals surface area contributed by atoms with Crippen molar-refractivity contribution < 1.29 is 9.47 Å². The van der Waals surface area contributed by atoms with Crippen LogP contribution in [0.2, 0.25) is 0 Å². The third-order valence-electron chi connectivity index (χ3n) is 7.67. The number of hydrazine groups is 1. The molecule has 3 heterocycles. The summed E-state index contributed by atoms with van der Waals surface area (Å²) < 4.78 is 13.3. The number of ether oxygens (including phenoxy) is 2. The molecule has 10 heteroatoms. The van der Waals surface area contributed by atoms with E-state index in [0.29, 0.717) is 36.2 Å². The molecular formula is C29H33N7O3. The molecule has 10 nitrogen and oxygen atoms in total. The smallest absolute Gasteiger partial charge is 0.326 e. The SMILES string of the molecule is Cc1ccc(C(/C(=N/N)N(N)c2ccc3c(c2)OCCO3)N2CCC(n3c(=O)[nH]c4ccccc43)CC2)cc1. The Morgan fingerprint density at radius 1 is 1.03 bits per heavy atom. The number of aromatic nitrogens is 2. The Morgan fingerprint density at radius 2 is 1.74 bits per heavy atom. The lowest BCUT2D eigenvalue weighted by Gasteiger charge is -2.40. The molecule has 0 radical (unpaired) electrons. The van der Waals surface area contributed by atoms with Gasteiger partial charge < -0.3 is 20.3 Å². The maximum atomic E-state index is 12.8. The van der Waals surface area contributed by atoms with Gasteiger partial charge in [-0.2, -0.15) is 5.10 Å². The number of nitrogens with zero attached hydrogens (tertiary/aromatic N) is 4. The van der Waals surface area contributed by atoms with E-state index in [1.165, 1.54) is 5.01 Å². The van der Waals surface area contributed by atoms with Crippen molar-refractivity contribution in [2.45, 2.75) is 31.8 Å². The van der Waals surface area contributed by atoms with E-state index in [9.17, 15) is 4.79 Å². The van der Waals surface area contributed by atoms with Crippen molar-refractivity contribution in [1.29, 1.82) is 0 Å². The van der Waals surface area contributed by atoms with Gasteiger partial charge in [-0.05, 0) is 49.6 Å². The van der Waals surface area contributed by atoms with E-state index < -0.39 is 0 Å². The average Bonchev–Trinajstić information content (AvgIpc) is 3.31. The van der Waals surface area contributed by atoms with Crippen molar-refractivity contribution in [1.82, 2.24) is 14.5 Å². The zero-order valence-corrected chi connectivity index (χ0v) is 21.9. The minimum Gasteiger partial charge on any atom is -0.486 e. The molecule has 3 aromatic carbocycles. The summed E-state index contributed by atoms with van der Waals surface area (Å²) in [6.45, 7) is 4.54. The lowest BCUT2D eigenvalue weighted by atomic mass is 9.97. The van der Waals surface area contributed by atoms with Crippen LogP contribution in [0, 0.1) is 6.92 Å². The van der Waals surface area contributed by atoms with Crippen molar-refractivity contribution in [3.63, 3.8) is 0 Å². The van der Waals surface area contributed by atoms with Gasteiger partial charge in [0.2, 0.25) is 0 Å². The molecule has 1 unspecified atom stereocenters. The summed E-state index contributed by atoms with van der Waals surface area (Å²) in [5, 5.41) is 5.75. The van der Waals surface area contributed by atoms with E-state index >= 15 is 0 Å². The number of anilines is 1. The second kappa shape index (κ2) is 10.5. The first-order chi connectivity index (χ1) is 19.0. The molecule has 1 saturated heterocycles. The summed E-state index contributed by atoms with van der Waals surface area (Å²) >= 11 is 0. The van der Waals surface area contributed by atoms with Gasteiger partial charge in [-0.25, -0.2) is 10.6 Å².